The fraction of sp³-hybridized carbons (Fsp3) is 0.458. The molecule has 3 heterocycles. The van der Waals surface area contributed by atoms with Gasteiger partial charge in [0.25, 0.3) is 0 Å². The van der Waals surface area contributed by atoms with Gasteiger partial charge < -0.3 is 23.7 Å². The molecule has 3 aromatic rings. The third-order valence-electron chi connectivity index (χ3n) is 5.87. The van der Waals surface area contributed by atoms with Crippen molar-refractivity contribution in [1.82, 2.24) is 19.7 Å². The summed E-state index contributed by atoms with van der Waals surface area (Å²) in [7, 11) is 4.99. The molecule has 0 atom stereocenters. The molecule has 0 N–H and O–H groups in total. The summed E-state index contributed by atoms with van der Waals surface area (Å²) in [6, 6.07) is 9.48. The number of hydrogen-bond donors (Lipinski definition) is 0. The maximum absolute atomic E-state index is 13.0. The van der Waals surface area contributed by atoms with E-state index in [9.17, 15) is 4.79 Å². The van der Waals surface area contributed by atoms with E-state index in [1.54, 1.807) is 32.4 Å². The first-order chi connectivity index (χ1) is 16.6. The number of carbonyl (C=O) groups excluding carboxylic acids is 1. The van der Waals surface area contributed by atoms with Crippen LogP contribution in [0.15, 0.2) is 46.2 Å². The van der Waals surface area contributed by atoms with Gasteiger partial charge in [-0.1, -0.05) is 23.9 Å². The lowest BCUT2D eigenvalue weighted by Crippen LogP contribution is -2.32. The molecule has 34 heavy (non-hydrogen) atoms. The SMILES string of the molecule is COc1cccc(CN(C)C(=O)CSc2nnc(N3CCCCC3)n2Cc2ccco2)c1OC. The largest absolute Gasteiger partial charge is 0.493 e. The number of para-hydroxylation sites is 1. The summed E-state index contributed by atoms with van der Waals surface area (Å²) in [4.78, 5) is 16.9. The molecule has 0 aliphatic carbocycles. The average molecular weight is 486 g/mol. The number of benzene rings is 1. The zero-order valence-corrected chi connectivity index (χ0v) is 20.7. The normalized spacial score (nSPS) is 13.7. The molecule has 1 amide bonds. The van der Waals surface area contributed by atoms with E-state index in [-0.39, 0.29) is 11.7 Å². The molecule has 0 spiro atoms. The van der Waals surface area contributed by atoms with E-state index in [2.05, 4.69) is 15.1 Å². The Morgan fingerprint density at radius 2 is 1.94 bits per heavy atom. The van der Waals surface area contributed by atoms with Crippen LogP contribution in [0.5, 0.6) is 11.5 Å². The van der Waals surface area contributed by atoms with Crippen LogP contribution in [0.4, 0.5) is 5.95 Å². The van der Waals surface area contributed by atoms with Crippen LogP contribution in [-0.4, -0.2) is 65.7 Å². The number of nitrogens with zero attached hydrogens (tertiary/aromatic N) is 5. The lowest BCUT2D eigenvalue weighted by molar-refractivity contribution is -0.127. The highest BCUT2D eigenvalue weighted by molar-refractivity contribution is 7.99. The Bertz CT molecular complexity index is 1080. The van der Waals surface area contributed by atoms with Gasteiger partial charge in [0.1, 0.15) is 5.76 Å². The summed E-state index contributed by atoms with van der Waals surface area (Å²) in [6.45, 7) is 2.87. The predicted octanol–water partition coefficient (Wildman–Crippen LogP) is 3.68. The molecule has 0 unspecified atom stereocenters. The first kappa shape index (κ1) is 24.0. The Kier molecular flexibility index (Phi) is 7.99. The number of ether oxygens (including phenoxy) is 2. The summed E-state index contributed by atoms with van der Waals surface area (Å²) in [6.07, 6.45) is 5.20. The Morgan fingerprint density at radius 3 is 2.65 bits per heavy atom. The Hall–Kier alpha value is -3.14. The molecular formula is C24H31N5O4S. The molecule has 0 bridgehead atoms. The monoisotopic (exact) mass is 485 g/mol. The van der Waals surface area contributed by atoms with Gasteiger partial charge in [-0.3, -0.25) is 9.36 Å². The minimum Gasteiger partial charge on any atom is -0.493 e. The van der Waals surface area contributed by atoms with Crippen LogP contribution >= 0.6 is 11.8 Å². The average Bonchev–Trinajstić information content (AvgIpc) is 3.53. The van der Waals surface area contributed by atoms with Crippen molar-refractivity contribution in [3.05, 3.63) is 47.9 Å². The molecular weight excluding hydrogens is 454 g/mol. The lowest BCUT2D eigenvalue weighted by Gasteiger charge is -2.27. The van der Waals surface area contributed by atoms with E-state index in [1.165, 1.54) is 18.2 Å². The van der Waals surface area contributed by atoms with Gasteiger partial charge in [-0.15, -0.1) is 10.2 Å². The van der Waals surface area contributed by atoms with Crippen molar-refractivity contribution < 1.29 is 18.7 Å². The van der Waals surface area contributed by atoms with Gasteiger partial charge in [0.05, 0.1) is 32.8 Å². The molecule has 10 heteroatoms. The number of amides is 1. The number of methoxy groups -OCH3 is 2. The summed E-state index contributed by atoms with van der Waals surface area (Å²) in [5, 5.41) is 9.60. The molecule has 1 aromatic carbocycles. The predicted molar refractivity (Wildman–Crippen MR) is 131 cm³/mol. The van der Waals surface area contributed by atoms with E-state index >= 15 is 0 Å². The third kappa shape index (κ3) is 5.49. The minimum absolute atomic E-state index is 0.0121. The molecule has 182 valence electrons. The number of carbonyl (C=O) groups is 1. The number of piperidine rings is 1. The molecule has 0 saturated carbocycles. The Balaban J connectivity index is 1.45. The Labute approximate surface area is 204 Å². The molecule has 1 saturated heterocycles. The van der Waals surface area contributed by atoms with E-state index in [0.29, 0.717) is 29.7 Å². The standard InChI is InChI=1S/C24H31N5O4S/c1-27(15-18-9-7-11-20(31-2)22(18)32-3)21(30)17-34-24-26-25-23(28-12-5-4-6-13-28)29(24)16-19-10-8-14-33-19/h7-11,14H,4-6,12-13,15-17H2,1-3H3. The molecule has 0 radical (unpaired) electrons. The van der Waals surface area contributed by atoms with Gasteiger partial charge in [0.15, 0.2) is 16.7 Å². The summed E-state index contributed by atoms with van der Waals surface area (Å²) in [5.41, 5.74) is 0.885. The molecule has 1 fully saturated rings. The van der Waals surface area contributed by atoms with Crippen molar-refractivity contribution in [2.75, 3.05) is 45.0 Å². The van der Waals surface area contributed by atoms with Gasteiger partial charge in [0.2, 0.25) is 11.9 Å². The molecule has 4 rings (SSSR count). The number of anilines is 1. The van der Waals surface area contributed by atoms with E-state index < -0.39 is 0 Å². The van der Waals surface area contributed by atoms with Crippen LogP contribution in [-0.2, 0) is 17.9 Å². The molecule has 1 aliphatic rings. The zero-order chi connectivity index (χ0) is 23.9. The first-order valence-electron chi connectivity index (χ1n) is 11.4. The smallest absolute Gasteiger partial charge is 0.233 e. The summed E-state index contributed by atoms with van der Waals surface area (Å²) in [5.74, 6) is 3.18. The quantitative estimate of drug-likeness (QED) is 0.402. The van der Waals surface area contributed by atoms with Crippen LogP contribution in [0.3, 0.4) is 0 Å². The number of rotatable bonds is 10. The van der Waals surface area contributed by atoms with Gasteiger partial charge in [-0.05, 0) is 37.5 Å². The fourth-order valence-electron chi connectivity index (χ4n) is 4.07. The second-order valence-electron chi connectivity index (χ2n) is 8.19. The number of hydrogen-bond acceptors (Lipinski definition) is 8. The number of thioether (sulfide) groups is 1. The highest BCUT2D eigenvalue weighted by Gasteiger charge is 2.22. The highest BCUT2D eigenvalue weighted by Crippen LogP contribution is 2.32. The zero-order valence-electron chi connectivity index (χ0n) is 19.9. The van der Waals surface area contributed by atoms with Gasteiger partial charge >= 0.3 is 0 Å². The molecule has 9 nitrogen and oxygen atoms in total. The maximum atomic E-state index is 13.0. The van der Waals surface area contributed by atoms with Crippen molar-refractivity contribution >= 4 is 23.6 Å². The highest BCUT2D eigenvalue weighted by atomic mass is 32.2. The van der Waals surface area contributed by atoms with Crippen LogP contribution < -0.4 is 14.4 Å². The number of aromatic nitrogens is 3. The Morgan fingerprint density at radius 1 is 1.12 bits per heavy atom. The third-order valence-corrected chi connectivity index (χ3v) is 6.82. The summed E-state index contributed by atoms with van der Waals surface area (Å²) >= 11 is 1.39. The van der Waals surface area contributed by atoms with Crippen LogP contribution in [0, 0.1) is 0 Å². The van der Waals surface area contributed by atoms with Crippen molar-refractivity contribution in [2.45, 2.75) is 37.5 Å². The summed E-state index contributed by atoms with van der Waals surface area (Å²) < 4.78 is 18.5. The minimum atomic E-state index is -0.0121. The van der Waals surface area contributed by atoms with E-state index in [4.69, 9.17) is 13.9 Å². The lowest BCUT2D eigenvalue weighted by atomic mass is 10.1. The van der Waals surface area contributed by atoms with Crippen LogP contribution in [0.25, 0.3) is 0 Å². The fourth-order valence-corrected chi connectivity index (χ4v) is 4.94. The van der Waals surface area contributed by atoms with Crippen molar-refractivity contribution in [3.63, 3.8) is 0 Å². The molecule has 1 aliphatic heterocycles. The maximum Gasteiger partial charge on any atom is 0.233 e. The van der Waals surface area contributed by atoms with E-state index in [1.807, 2.05) is 34.9 Å². The van der Waals surface area contributed by atoms with Crippen LogP contribution in [0.1, 0.15) is 30.6 Å². The van der Waals surface area contributed by atoms with Crippen LogP contribution in [0.2, 0.25) is 0 Å². The van der Waals surface area contributed by atoms with Crippen molar-refractivity contribution in [3.8, 4) is 11.5 Å². The second-order valence-corrected chi connectivity index (χ2v) is 9.13. The van der Waals surface area contributed by atoms with Gasteiger partial charge in [0, 0.05) is 32.2 Å². The van der Waals surface area contributed by atoms with Crippen molar-refractivity contribution in [1.29, 1.82) is 0 Å². The van der Waals surface area contributed by atoms with Gasteiger partial charge in [-0.25, -0.2) is 0 Å². The van der Waals surface area contributed by atoms with Gasteiger partial charge in [-0.2, -0.15) is 0 Å². The second kappa shape index (κ2) is 11.3. The number of furan rings is 1. The molecule has 2 aromatic heterocycles. The first-order valence-corrected chi connectivity index (χ1v) is 12.4. The van der Waals surface area contributed by atoms with E-state index in [0.717, 1.165) is 43.2 Å². The topological polar surface area (TPSA) is 85.9 Å². The van der Waals surface area contributed by atoms with Crippen molar-refractivity contribution in [2.24, 2.45) is 0 Å².